The minimum Gasteiger partial charge on any atom is -0.343 e. The third kappa shape index (κ3) is 2.18. The van der Waals surface area contributed by atoms with Gasteiger partial charge in [0.05, 0.1) is 6.54 Å². The summed E-state index contributed by atoms with van der Waals surface area (Å²) in [5, 5.41) is 10.9. The minimum absolute atomic E-state index is 0.471. The highest BCUT2D eigenvalue weighted by atomic mass is 35.5. The fourth-order valence-electron chi connectivity index (χ4n) is 2.16. The summed E-state index contributed by atoms with van der Waals surface area (Å²) < 4.78 is 2.09. The molecular formula is C15H10ClN3. The molecule has 92 valence electrons. The topological polar surface area (TPSA) is 41.6 Å². The van der Waals surface area contributed by atoms with Crippen LogP contribution in [0.4, 0.5) is 0 Å². The SMILES string of the molecule is N#Cc1ncccc1Cn1ccc2cc(Cl)ccc21. The molecule has 19 heavy (non-hydrogen) atoms. The summed E-state index contributed by atoms with van der Waals surface area (Å²) in [6.07, 6.45) is 3.63. The highest BCUT2D eigenvalue weighted by Crippen LogP contribution is 2.21. The van der Waals surface area contributed by atoms with Gasteiger partial charge in [0.25, 0.3) is 0 Å². The number of pyridine rings is 1. The van der Waals surface area contributed by atoms with Crippen LogP contribution in [0, 0.1) is 11.3 Å². The van der Waals surface area contributed by atoms with Crippen LogP contribution in [0.2, 0.25) is 5.02 Å². The van der Waals surface area contributed by atoms with Gasteiger partial charge >= 0.3 is 0 Å². The Morgan fingerprint density at radius 2 is 2.16 bits per heavy atom. The molecule has 0 radical (unpaired) electrons. The van der Waals surface area contributed by atoms with Crippen LogP contribution < -0.4 is 0 Å². The van der Waals surface area contributed by atoms with Crippen LogP contribution in [0.25, 0.3) is 10.9 Å². The number of hydrogen-bond donors (Lipinski definition) is 0. The second-order valence-electron chi connectivity index (χ2n) is 4.27. The van der Waals surface area contributed by atoms with E-state index in [1.54, 1.807) is 6.20 Å². The van der Waals surface area contributed by atoms with Crippen molar-refractivity contribution in [3.63, 3.8) is 0 Å². The van der Waals surface area contributed by atoms with Crippen LogP contribution in [0.5, 0.6) is 0 Å². The van der Waals surface area contributed by atoms with E-state index in [2.05, 4.69) is 15.6 Å². The molecule has 0 amide bonds. The Morgan fingerprint density at radius 3 is 3.00 bits per heavy atom. The second kappa shape index (κ2) is 4.75. The Labute approximate surface area is 115 Å². The van der Waals surface area contributed by atoms with Crippen LogP contribution in [-0.4, -0.2) is 9.55 Å². The summed E-state index contributed by atoms with van der Waals surface area (Å²) in [6, 6.07) is 13.7. The van der Waals surface area contributed by atoms with Gasteiger partial charge < -0.3 is 4.57 Å². The molecule has 0 atom stereocenters. The first-order chi connectivity index (χ1) is 9.28. The average molecular weight is 268 g/mol. The van der Waals surface area contributed by atoms with Gasteiger partial charge in [-0.05, 0) is 30.3 Å². The quantitative estimate of drug-likeness (QED) is 0.712. The largest absolute Gasteiger partial charge is 0.343 e. The molecule has 0 aliphatic rings. The predicted molar refractivity (Wildman–Crippen MR) is 75.0 cm³/mol. The molecule has 3 rings (SSSR count). The van der Waals surface area contributed by atoms with Gasteiger partial charge in [-0.15, -0.1) is 0 Å². The van der Waals surface area contributed by atoms with Crippen molar-refractivity contribution in [3.05, 3.63) is 65.1 Å². The van der Waals surface area contributed by atoms with E-state index in [9.17, 15) is 0 Å². The summed E-state index contributed by atoms with van der Waals surface area (Å²) >= 11 is 5.97. The van der Waals surface area contributed by atoms with Gasteiger partial charge in [0, 0.05) is 33.9 Å². The molecule has 3 nitrogen and oxygen atoms in total. The Hall–Kier alpha value is -2.31. The molecule has 1 aromatic carbocycles. The second-order valence-corrected chi connectivity index (χ2v) is 4.71. The van der Waals surface area contributed by atoms with E-state index in [4.69, 9.17) is 16.9 Å². The zero-order chi connectivity index (χ0) is 13.2. The number of nitrogens with zero attached hydrogens (tertiary/aromatic N) is 3. The Bertz CT molecular complexity index is 783. The summed E-state index contributed by atoms with van der Waals surface area (Å²) in [4.78, 5) is 4.08. The zero-order valence-electron chi connectivity index (χ0n) is 10.0. The summed E-state index contributed by atoms with van der Waals surface area (Å²) in [7, 11) is 0. The number of benzene rings is 1. The zero-order valence-corrected chi connectivity index (χ0v) is 10.8. The minimum atomic E-state index is 0.471. The van der Waals surface area contributed by atoms with Crippen molar-refractivity contribution >= 4 is 22.5 Å². The van der Waals surface area contributed by atoms with E-state index < -0.39 is 0 Å². The van der Waals surface area contributed by atoms with Gasteiger partial charge in [0.15, 0.2) is 0 Å². The number of halogens is 1. The van der Waals surface area contributed by atoms with Crippen molar-refractivity contribution in [2.24, 2.45) is 0 Å². The highest BCUT2D eigenvalue weighted by Gasteiger charge is 2.06. The number of rotatable bonds is 2. The molecule has 2 heterocycles. The highest BCUT2D eigenvalue weighted by molar-refractivity contribution is 6.31. The lowest BCUT2D eigenvalue weighted by Crippen LogP contribution is -2.01. The fraction of sp³-hybridized carbons (Fsp3) is 0.0667. The van der Waals surface area contributed by atoms with Gasteiger partial charge in [-0.25, -0.2) is 4.98 Å². The molecule has 0 saturated carbocycles. The first-order valence-corrected chi connectivity index (χ1v) is 6.24. The molecule has 0 unspecified atom stereocenters. The standard InChI is InChI=1S/C15H10ClN3/c16-13-3-4-15-11(8-13)5-7-19(15)10-12-2-1-6-18-14(12)9-17/h1-8H,10H2. The van der Waals surface area contributed by atoms with Crippen molar-refractivity contribution < 1.29 is 0 Å². The third-order valence-electron chi connectivity index (χ3n) is 3.07. The van der Waals surface area contributed by atoms with Crippen molar-refractivity contribution in [2.75, 3.05) is 0 Å². The van der Waals surface area contributed by atoms with E-state index in [-0.39, 0.29) is 0 Å². The van der Waals surface area contributed by atoms with Gasteiger partial charge in [-0.2, -0.15) is 5.26 Å². The first-order valence-electron chi connectivity index (χ1n) is 5.86. The van der Waals surface area contributed by atoms with E-state index in [0.29, 0.717) is 12.2 Å². The lowest BCUT2D eigenvalue weighted by atomic mass is 10.2. The lowest BCUT2D eigenvalue weighted by Gasteiger charge is -2.06. The lowest BCUT2D eigenvalue weighted by molar-refractivity contribution is 0.828. The molecule has 4 heteroatoms. The molecule has 0 aliphatic carbocycles. The Kier molecular flexibility index (Phi) is 2.94. The number of aromatic nitrogens is 2. The number of hydrogen-bond acceptors (Lipinski definition) is 2. The third-order valence-corrected chi connectivity index (χ3v) is 3.31. The summed E-state index contributed by atoms with van der Waals surface area (Å²) in [6.45, 7) is 0.627. The van der Waals surface area contributed by atoms with E-state index in [0.717, 1.165) is 21.5 Å². The molecule has 0 spiro atoms. The average Bonchev–Trinajstić information content (AvgIpc) is 2.82. The van der Waals surface area contributed by atoms with Gasteiger partial charge in [0.1, 0.15) is 11.8 Å². The van der Waals surface area contributed by atoms with Crippen molar-refractivity contribution in [1.82, 2.24) is 9.55 Å². The predicted octanol–water partition coefficient (Wildman–Crippen LogP) is 3.61. The normalized spacial score (nSPS) is 10.5. The van der Waals surface area contributed by atoms with Crippen molar-refractivity contribution in [1.29, 1.82) is 5.26 Å². The van der Waals surface area contributed by atoms with E-state index >= 15 is 0 Å². The maximum Gasteiger partial charge on any atom is 0.145 e. The van der Waals surface area contributed by atoms with Crippen LogP contribution in [0.1, 0.15) is 11.3 Å². The molecule has 0 bridgehead atoms. The number of fused-ring (bicyclic) bond motifs is 1. The molecule has 0 saturated heterocycles. The van der Waals surface area contributed by atoms with Gasteiger partial charge in [0.2, 0.25) is 0 Å². The van der Waals surface area contributed by atoms with E-state index in [1.165, 1.54) is 0 Å². The van der Waals surface area contributed by atoms with Crippen LogP contribution in [-0.2, 0) is 6.54 Å². The molecule has 0 aliphatic heterocycles. The van der Waals surface area contributed by atoms with Gasteiger partial charge in [-0.3, -0.25) is 0 Å². The van der Waals surface area contributed by atoms with Crippen molar-refractivity contribution in [3.8, 4) is 6.07 Å². The maximum absolute atomic E-state index is 9.06. The Balaban J connectivity index is 2.04. The van der Waals surface area contributed by atoms with E-state index in [1.807, 2.05) is 42.6 Å². The van der Waals surface area contributed by atoms with Crippen LogP contribution >= 0.6 is 11.6 Å². The molecular weight excluding hydrogens is 258 g/mol. The van der Waals surface area contributed by atoms with Crippen LogP contribution in [0.15, 0.2) is 48.8 Å². The summed E-state index contributed by atoms with van der Waals surface area (Å²) in [5.41, 5.74) is 2.48. The van der Waals surface area contributed by atoms with Crippen LogP contribution in [0.3, 0.4) is 0 Å². The maximum atomic E-state index is 9.06. The summed E-state index contributed by atoms with van der Waals surface area (Å²) in [5.74, 6) is 0. The number of nitriles is 1. The van der Waals surface area contributed by atoms with Crippen molar-refractivity contribution in [2.45, 2.75) is 6.54 Å². The smallest absolute Gasteiger partial charge is 0.145 e. The monoisotopic (exact) mass is 267 g/mol. The molecule has 0 fully saturated rings. The molecule has 0 N–H and O–H groups in total. The Morgan fingerprint density at radius 1 is 1.26 bits per heavy atom. The van der Waals surface area contributed by atoms with Gasteiger partial charge in [-0.1, -0.05) is 17.7 Å². The molecule has 3 aromatic rings. The fourth-order valence-corrected chi connectivity index (χ4v) is 2.34. The first kappa shape index (κ1) is 11.8. The molecule has 2 aromatic heterocycles.